The van der Waals surface area contributed by atoms with E-state index in [1.54, 1.807) is 17.7 Å². The first kappa shape index (κ1) is 13.9. The monoisotopic (exact) mass is 257 g/mol. The predicted octanol–water partition coefficient (Wildman–Crippen LogP) is -2.28. The van der Waals surface area contributed by atoms with E-state index in [2.05, 4.69) is 10.2 Å². The Morgan fingerprint density at radius 2 is 2.12 bits per heavy atom. The Morgan fingerprint density at radius 3 is 2.71 bits per heavy atom. The normalized spacial score (nSPS) is 27.1. The minimum atomic E-state index is 0. The Labute approximate surface area is 144 Å². The fourth-order valence-corrected chi connectivity index (χ4v) is 2.63. The van der Waals surface area contributed by atoms with Crippen LogP contribution >= 0.6 is 0 Å². The third-order valence-electron chi connectivity index (χ3n) is 3.70. The average molecular weight is 257 g/mol. The van der Waals surface area contributed by atoms with E-state index in [1.165, 1.54) is 6.42 Å². The molecule has 0 N–H and O–H groups in total. The maximum absolute atomic E-state index is 11.5. The molecule has 2 bridgehead atoms. The van der Waals surface area contributed by atoms with Crippen molar-refractivity contribution in [3.8, 4) is 0 Å². The topological polar surface area (TPSA) is 39.3 Å². The summed E-state index contributed by atoms with van der Waals surface area (Å²) >= 11 is 0. The summed E-state index contributed by atoms with van der Waals surface area (Å²) in [7, 11) is 1.78. The van der Waals surface area contributed by atoms with Gasteiger partial charge in [0.2, 0.25) is 0 Å². The van der Waals surface area contributed by atoms with Crippen molar-refractivity contribution in [2.45, 2.75) is 25.0 Å². The number of nitrogens with zero attached hydrogens (tertiary/aromatic N) is 3. The number of hydrogen-bond donors (Lipinski definition) is 0. The summed E-state index contributed by atoms with van der Waals surface area (Å²) in [4.78, 5) is 14.0. The minimum Gasteiger partial charge on any atom is -0.660 e. The number of rotatable bonds is 2. The Hall–Kier alpha value is 0.506. The molecule has 2 aliphatic heterocycles. The molecule has 2 unspecified atom stereocenters. The van der Waals surface area contributed by atoms with Crippen molar-refractivity contribution < 1.29 is 51.4 Å². The van der Waals surface area contributed by atoms with Crippen LogP contribution in [0.4, 0.5) is 0 Å². The van der Waals surface area contributed by atoms with E-state index in [1.807, 2.05) is 12.3 Å². The predicted molar refractivity (Wildman–Crippen MR) is 62.5 cm³/mol. The van der Waals surface area contributed by atoms with Gasteiger partial charge in [-0.05, 0) is 30.1 Å². The molecule has 86 valence electrons. The van der Waals surface area contributed by atoms with Crippen molar-refractivity contribution in [3.05, 3.63) is 39.6 Å². The zero-order chi connectivity index (χ0) is 11.1. The van der Waals surface area contributed by atoms with Crippen molar-refractivity contribution in [3.63, 3.8) is 0 Å². The number of aromatic nitrogens is 1. The van der Waals surface area contributed by atoms with Gasteiger partial charge in [-0.25, -0.2) is 0 Å². The number of hydrogen-bond acceptors (Lipinski definition) is 2. The van der Waals surface area contributed by atoms with Gasteiger partial charge >= 0.3 is 51.4 Å². The molecule has 0 saturated carbocycles. The molecule has 4 nitrogen and oxygen atoms in total. The summed E-state index contributed by atoms with van der Waals surface area (Å²) in [5, 5.41) is 4.42. The summed E-state index contributed by atoms with van der Waals surface area (Å²) in [6, 6.07) is 5.03. The molecule has 0 amide bonds. The molecule has 5 heteroatoms. The molecule has 2 saturated heterocycles. The molecule has 0 aliphatic carbocycles. The van der Waals surface area contributed by atoms with Gasteiger partial charge in [0.15, 0.2) is 0 Å². The molecule has 2 aliphatic rings. The standard InChI is InChI=1S/C12H16N3O.K/c1-14-3-2-9(4-12(14)16)8-15-10-5-11(15)7-13-6-10;/h2-4,10-11H,5-8H2,1H3;/q-1;+1. The van der Waals surface area contributed by atoms with Crippen LogP contribution < -0.4 is 56.9 Å². The Kier molecular flexibility index (Phi) is 4.63. The van der Waals surface area contributed by atoms with Gasteiger partial charge in [0.1, 0.15) is 0 Å². The average Bonchev–Trinajstić information content (AvgIpc) is 2.31. The number of fused-ring (bicyclic) bond motifs is 2. The smallest absolute Gasteiger partial charge is 0.660 e. The van der Waals surface area contributed by atoms with Crippen LogP contribution in [0.3, 0.4) is 0 Å². The van der Waals surface area contributed by atoms with Crippen LogP contribution in [0.1, 0.15) is 12.0 Å². The van der Waals surface area contributed by atoms with E-state index in [4.69, 9.17) is 0 Å². The molecule has 2 fully saturated rings. The summed E-state index contributed by atoms with van der Waals surface area (Å²) in [6.45, 7) is 2.85. The second-order valence-corrected chi connectivity index (χ2v) is 4.79. The Balaban J connectivity index is 0.00000108. The molecule has 17 heavy (non-hydrogen) atoms. The fraction of sp³-hybridized carbons (Fsp3) is 0.583. The van der Waals surface area contributed by atoms with E-state index < -0.39 is 0 Å². The van der Waals surface area contributed by atoms with Crippen LogP contribution in [0.25, 0.3) is 5.32 Å². The Morgan fingerprint density at radius 1 is 1.41 bits per heavy atom. The second-order valence-electron chi connectivity index (χ2n) is 4.79. The van der Waals surface area contributed by atoms with Crippen LogP contribution in [-0.2, 0) is 13.6 Å². The molecule has 1 aromatic rings. The summed E-state index contributed by atoms with van der Waals surface area (Å²) in [5.74, 6) is 0. The quantitative estimate of drug-likeness (QED) is 0.560. The zero-order valence-electron chi connectivity index (χ0n) is 10.5. The summed E-state index contributed by atoms with van der Waals surface area (Å²) in [6.07, 6.45) is 3.13. The van der Waals surface area contributed by atoms with Gasteiger partial charge in [0.05, 0.1) is 0 Å². The van der Waals surface area contributed by atoms with Crippen LogP contribution in [0, 0.1) is 0 Å². The summed E-state index contributed by atoms with van der Waals surface area (Å²) < 4.78 is 1.61. The molecule has 0 aromatic carbocycles. The SMILES string of the molecule is Cn1ccc(CN2C3C[N-]CC2C3)cc1=O.[K+]. The largest absolute Gasteiger partial charge is 1.00 e. The number of piperazine rings is 1. The third-order valence-corrected chi connectivity index (χ3v) is 3.70. The van der Waals surface area contributed by atoms with E-state index in [9.17, 15) is 4.79 Å². The van der Waals surface area contributed by atoms with Gasteiger partial charge in [-0.2, -0.15) is 0 Å². The van der Waals surface area contributed by atoms with Gasteiger partial charge in [-0.1, -0.05) is 0 Å². The van der Waals surface area contributed by atoms with Gasteiger partial charge in [0, 0.05) is 25.9 Å². The first-order chi connectivity index (χ1) is 7.74. The molecule has 3 heterocycles. The number of piperidine rings is 1. The number of aryl methyl sites for hydroxylation is 1. The van der Waals surface area contributed by atoms with E-state index in [-0.39, 0.29) is 56.9 Å². The minimum absolute atomic E-state index is 0. The van der Waals surface area contributed by atoms with Gasteiger partial charge in [-0.15, -0.1) is 13.1 Å². The maximum Gasteiger partial charge on any atom is 1.00 e. The van der Waals surface area contributed by atoms with Crippen molar-refractivity contribution in [1.29, 1.82) is 0 Å². The first-order valence-electron chi connectivity index (χ1n) is 5.78. The van der Waals surface area contributed by atoms with Crippen molar-refractivity contribution >= 4 is 0 Å². The van der Waals surface area contributed by atoms with E-state index in [0.29, 0.717) is 12.1 Å². The fourth-order valence-electron chi connectivity index (χ4n) is 2.63. The van der Waals surface area contributed by atoms with Crippen LogP contribution in [0.5, 0.6) is 0 Å². The second kappa shape index (κ2) is 5.65. The van der Waals surface area contributed by atoms with Crippen molar-refractivity contribution in [1.82, 2.24) is 9.47 Å². The molecular weight excluding hydrogens is 241 g/mol. The molecule has 3 rings (SSSR count). The molecule has 0 spiro atoms. The zero-order valence-corrected chi connectivity index (χ0v) is 13.6. The van der Waals surface area contributed by atoms with Crippen LogP contribution in [0.15, 0.2) is 23.1 Å². The van der Waals surface area contributed by atoms with Gasteiger partial charge in [0.25, 0.3) is 5.56 Å². The van der Waals surface area contributed by atoms with E-state index in [0.717, 1.165) is 25.2 Å². The van der Waals surface area contributed by atoms with Crippen molar-refractivity contribution in [2.75, 3.05) is 13.1 Å². The Bertz CT molecular complexity index is 445. The van der Waals surface area contributed by atoms with Crippen LogP contribution in [-0.4, -0.2) is 34.6 Å². The van der Waals surface area contributed by atoms with Crippen molar-refractivity contribution in [2.24, 2.45) is 7.05 Å². The van der Waals surface area contributed by atoms with Crippen LogP contribution in [0.2, 0.25) is 0 Å². The molecule has 1 aromatic heterocycles. The van der Waals surface area contributed by atoms with Gasteiger partial charge < -0.3 is 9.88 Å². The molecule has 0 radical (unpaired) electrons. The molecular formula is C12H16KN3O. The first-order valence-corrected chi connectivity index (χ1v) is 5.78. The number of pyridine rings is 1. The van der Waals surface area contributed by atoms with Gasteiger partial charge in [-0.3, -0.25) is 9.69 Å². The summed E-state index contributed by atoms with van der Waals surface area (Å²) in [5.41, 5.74) is 1.20. The molecule has 2 atom stereocenters. The third kappa shape index (κ3) is 2.76. The van der Waals surface area contributed by atoms with E-state index >= 15 is 0 Å². The maximum atomic E-state index is 11.5.